The second-order valence-electron chi connectivity index (χ2n) is 9.03. The summed E-state index contributed by atoms with van der Waals surface area (Å²) < 4.78 is 19.3. The quantitative estimate of drug-likeness (QED) is 0.239. The van der Waals surface area contributed by atoms with Gasteiger partial charge in [-0.1, -0.05) is 24.1 Å². The molecule has 192 valence electrons. The van der Waals surface area contributed by atoms with Crippen LogP contribution in [-0.2, 0) is 4.74 Å². The van der Waals surface area contributed by atoms with Crippen LogP contribution in [-0.4, -0.2) is 53.1 Å². The fourth-order valence-electron chi connectivity index (χ4n) is 4.72. The van der Waals surface area contributed by atoms with Crippen LogP contribution in [0.15, 0.2) is 67.1 Å². The summed E-state index contributed by atoms with van der Waals surface area (Å²) in [7, 11) is 0. The van der Waals surface area contributed by atoms with Crippen molar-refractivity contribution in [2.45, 2.75) is 25.4 Å². The summed E-state index contributed by atoms with van der Waals surface area (Å²) in [5.41, 5.74) is 2.37. The average molecular weight is 508 g/mol. The van der Waals surface area contributed by atoms with E-state index >= 15 is 0 Å². The van der Waals surface area contributed by atoms with Gasteiger partial charge in [-0.2, -0.15) is 10.4 Å². The molecule has 1 aliphatic rings. The molecule has 0 aliphatic carbocycles. The minimum atomic E-state index is -0.600. The Morgan fingerprint density at radius 1 is 1.03 bits per heavy atom. The molecule has 0 radical (unpaired) electrons. The predicted octanol–water partition coefficient (Wildman–Crippen LogP) is 4.73. The van der Waals surface area contributed by atoms with Crippen LogP contribution in [0.3, 0.4) is 0 Å². The zero-order valence-corrected chi connectivity index (χ0v) is 21.3. The first-order chi connectivity index (χ1) is 18.6. The van der Waals surface area contributed by atoms with E-state index in [1.807, 2.05) is 61.7 Å². The van der Waals surface area contributed by atoms with Crippen molar-refractivity contribution in [1.29, 1.82) is 5.26 Å². The van der Waals surface area contributed by atoms with Crippen LogP contribution in [0.4, 0.5) is 5.82 Å². The molecule has 1 aromatic carbocycles. The van der Waals surface area contributed by atoms with Crippen LogP contribution >= 0.6 is 0 Å². The number of piperidine rings is 1. The van der Waals surface area contributed by atoms with Crippen molar-refractivity contribution in [3.05, 3.63) is 72.7 Å². The monoisotopic (exact) mass is 507 g/mol. The highest BCUT2D eigenvalue weighted by atomic mass is 16.5. The number of ether oxygens (including phenoxy) is 3. The van der Waals surface area contributed by atoms with Crippen molar-refractivity contribution in [3.63, 3.8) is 0 Å². The van der Waals surface area contributed by atoms with Crippen molar-refractivity contribution in [2.75, 3.05) is 37.8 Å². The van der Waals surface area contributed by atoms with Gasteiger partial charge in [0.25, 0.3) is 0 Å². The summed E-state index contributed by atoms with van der Waals surface area (Å²) in [4.78, 5) is 6.96. The maximum absolute atomic E-state index is 9.58. The molecule has 3 aromatic heterocycles. The molecule has 0 N–H and O–H groups in total. The topological polar surface area (TPSA) is 84.9 Å². The number of pyridine rings is 2. The lowest BCUT2D eigenvalue weighted by Gasteiger charge is -2.38. The second kappa shape index (κ2) is 11.2. The highest BCUT2D eigenvalue weighted by molar-refractivity contribution is 5.85. The van der Waals surface area contributed by atoms with Crippen LogP contribution in [0.25, 0.3) is 16.6 Å². The number of rotatable bonds is 9. The van der Waals surface area contributed by atoms with E-state index in [1.165, 1.54) is 0 Å². The predicted molar refractivity (Wildman–Crippen MR) is 145 cm³/mol. The number of terminal acetylenes is 1. The van der Waals surface area contributed by atoms with Gasteiger partial charge >= 0.3 is 0 Å². The van der Waals surface area contributed by atoms with Crippen molar-refractivity contribution in [1.82, 2.24) is 14.6 Å². The SMILES string of the molecule is C#CC1(OCCOc2ccccc2)CCN(c2ccc(-c3cc(OCC)cn4ncc(C#N)c34)cn2)CC1. The Morgan fingerprint density at radius 3 is 2.53 bits per heavy atom. The number of fused-ring (bicyclic) bond motifs is 1. The molecule has 0 saturated carbocycles. The molecule has 0 atom stereocenters. The molecule has 38 heavy (non-hydrogen) atoms. The van der Waals surface area contributed by atoms with E-state index in [9.17, 15) is 5.26 Å². The van der Waals surface area contributed by atoms with E-state index in [0.29, 0.717) is 44.0 Å². The summed E-state index contributed by atoms with van der Waals surface area (Å²) in [5, 5.41) is 13.9. The van der Waals surface area contributed by atoms with Gasteiger partial charge in [-0.05, 0) is 37.3 Å². The molecule has 0 bridgehead atoms. The summed E-state index contributed by atoms with van der Waals surface area (Å²) in [6, 6.07) is 17.8. The number of hydrogen-bond acceptors (Lipinski definition) is 7. The molecular weight excluding hydrogens is 478 g/mol. The highest BCUT2D eigenvalue weighted by Crippen LogP contribution is 2.33. The van der Waals surface area contributed by atoms with Crippen LogP contribution in [0, 0.1) is 23.7 Å². The van der Waals surface area contributed by atoms with Gasteiger partial charge in [0.15, 0.2) is 0 Å². The normalized spacial score (nSPS) is 14.6. The number of para-hydroxylation sites is 1. The Kier molecular flexibility index (Phi) is 7.44. The van der Waals surface area contributed by atoms with Gasteiger partial charge in [0.05, 0.1) is 36.7 Å². The van der Waals surface area contributed by atoms with E-state index in [-0.39, 0.29) is 0 Å². The summed E-state index contributed by atoms with van der Waals surface area (Å²) in [5.74, 6) is 5.26. The summed E-state index contributed by atoms with van der Waals surface area (Å²) >= 11 is 0. The third-order valence-corrected chi connectivity index (χ3v) is 6.71. The van der Waals surface area contributed by atoms with Crippen molar-refractivity contribution in [3.8, 4) is 41.0 Å². The number of nitrogens with zero attached hydrogens (tertiary/aromatic N) is 5. The zero-order valence-electron chi connectivity index (χ0n) is 21.3. The lowest BCUT2D eigenvalue weighted by atomic mass is 9.92. The van der Waals surface area contributed by atoms with Gasteiger partial charge < -0.3 is 19.1 Å². The first kappa shape index (κ1) is 25.1. The van der Waals surface area contributed by atoms with Crippen molar-refractivity contribution in [2.24, 2.45) is 0 Å². The Morgan fingerprint density at radius 2 is 1.84 bits per heavy atom. The van der Waals surface area contributed by atoms with Crippen molar-refractivity contribution >= 4 is 11.3 Å². The van der Waals surface area contributed by atoms with Gasteiger partial charge in [0.2, 0.25) is 0 Å². The number of hydrogen-bond donors (Lipinski definition) is 0. The van der Waals surface area contributed by atoms with Crippen LogP contribution in [0.2, 0.25) is 0 Å². The van der Waals surface area contributed by atoms with Crippen LogP contribution in [0.5, 0.6) is 11.5 Å². The van der Waals surface area contributed by atoms with Crippen LogP contribution < -0.4 is 14.4 Å². The van der Waals surface area contributed by atoms with E-state index < -0.39 is 5.60 Å². The largest absolute Gasteiger partial charge is 0.492 e. The number of anilines is 1. The first-order valence-corrected chi connectivity index (χ1v) is 12.7. The van der Waals surface area contributed by atoms with E-state index in [1.54, 1.807) is 16.9 Å². The molecule has 1 saturated heterocycles. The minimum Gasteiger partial charge on any atom is -0.492 e. The molecule has 1 fully saturated rings. The number of benzene rings is 1. The molecule has 1 aliphatic heterocycles. The number of aromatic nitrogens is 3. The Balaban J connectivity index is 1.25. The van der Waals surface area contributed by atoms with Gasteiger partial charge in [-0.15, -0.1) is 6.42 Å². The molecule has 4 heterocycles. The van der Waals surface area contributed by atoms with Gasteiger partial charge in [-0.25, -0.2) is 9.50 Å². The first-order valence-electron chi connectivity index (χ1n) is 12.7. The fraction of sp³-hybridized carbons (Fsp3) is 0.300. The Hall–Kier alpha value is -4.53. The molecule has 0 unspecified atom stereocenters. The average Bonchev–Trinajstić information content (AvgIpc) is 3.39. The maximum Gasteiger partial charge on any atom is 0.138 e. The molecule has 8 heteroatoms. The molecule has 5 rings (SSSR count). The van der Waals surface area contributed by atoms with Crippen LogP contribution in [0.1, 0.15) is 25.3 Å². The molecule has 0 amide bonds. The molecular formula is C30H29N5O3. The smallest absolute Gasteiger partial charge is 0.138 e. The minimum absolute atomic E-state index is 0.431. The van der Waals surface area contributed by atoms with Gasteiger partial charge in [-0.3, -0.25) is 0 Å². The third kappa shape index (κ3) is 5.27. The Labute approximate surface area is 222 Å². The highest BCUT2D eigenvalue weighted by Gasteiger charge is 2.34. The lowest BCUT2D eigenvalue weighted by Crippen LogP contribution is -2.46. The molecule has 4 aromatic rings. The Bertz CT molecular complexity index is 1460. The van der Waals surface area contributed by atoms with E-state index in [2.05, 4.69) is 22.0 Å². The van der Waals surface area contributed by atoms with E-state index in [0.717, 1.165) is 41.3 Å². The standard InChI is InChI=1S/C30H29N5O3/c1-3-30(38-17-16-37-25-8-6-5-7-9-25)12-14-34(15-13-30)28-11-10-23(20-32-28)27-18-26(36-4-2)22-35-29(27)24(19-31)21-33-35/h1,5-11,18,20-22H,4,12-17H2,2H3. The summed E-state index contributed by atoms with van der Waals surface area (Å²) in [6.07, 6.45) is 12.5. The van der Waals surface area contributed by atoms with Gasteiger partial charge in [0, 0.05) is 43.3 Å². The second-order valence-corrected chi connectivity index (χ2v) is 9.03. The number of nitriles is 1. The third-order valence-electron chi connectivity index (χ3n) is 6.71. The van der Waals surface area contributed by atoms with E-state index in [4.69, 9.17) is 25.6 Å². The van der Waals surface area contributed by atoms with Gasteiger partial charge in [0.1, 0.15) is 35.6 Å². The molecule has 0 spiro atoms. The summed E-state index contributed by atoms with van der Waals surface area (Å²) in [6.45, 7) is 4.82. The lowest BCUT2D eigenvalue weighted by molar-refractivity contribution is -0.0289. The van der Waals surface area contributed by atoms with Crippen molar-refractivity contribution < 1.29 is 14.2 Å². The molecule has 8 nitrogen and oxygen atoms in total. The maximum atomic E-state index is 9.58. The zero-order chi connectivity index (χ0) is 26.4. The fourth-order valence-corrected chi connectivity index (χ4v) is 4.72.